The number of ether oxygens (including phenoxy) is 1. The van der Waals surface area contributed by atoms with Gasteiger partial charge in [0, 0.05) is 25.0 Å². The van der Waals surface area contributed by atoms with Crippen LogP contribution in [0.3, 0.4) is 0 Å². The highest BCUT2D eigenvalue weighted by Crippen LogP contribution is 2.44. The van der Waals surface area contributed by atoms with Gasteiger partial charge in [-0.2, -0.15) is 0 Å². The molecular weight excluding hydrogens is 444 g/mol. The Morgan fingerprint density at radius 1 is 0.971 bits per heavy atom. The van der Waals surface area contributed by atoms with Crippen molar-refractivity contribution in [2.45, 2.75) is 50.5 Å². The third kappa shape index (κ3) is 5.04. The minimum Gasteiger partial charge on any atom is -0.481 e. The van der Waals surface area contributed by atoms with Crippen molar-refractivity contribution in [1.82, 2.24) is 10.2 Å². The minimum atomic E-state index is -0.902. The number of carbonyl (C=O) groups excluding carboxylic acids is 2. The second-order valence-corrected chi connectivity index (χ2v) is 9.91. The van der Waals surface area contributed by atoms with Crippen molar-refractivity contribution in [2.75, 3.05) is 19.7 Å². The van der Waals surface area contributed by atoms with Crippen LogP contribution in [0.5, 0.6) is 0 Å². The summed E-state index contributed by atoms with van der Waals surface area (Å²) in [6.07, 6.45) is 4.26. The van der Waals surface area contributed by atoms with Crippen molar-refractivity contribution in [3.8, 4) is 11.1 Å². The number of rotatable bonds is 10. The molecule has 7 heteroatoms. The molecule has 0 bridgehead atoms. The lowest BCUT2D eigenvalue weighted by Gasteiger charge is -2.36. The third-order valence-electron chi connectivity index (χ3n) is 7.68. The van der Waals surface area contributed by atoms with Crippen LogP contribution in [0.4, 0.5) is 4.79 Å². The van der Waals surface area contributed by atoms with Crippen molar-refractivity contribution >= 4 is 18.0 Å². The highest BCUT2D eigenvalue weighted by Gasteiger charge is 2.40. The van der Waals surface area contributed by atoms with E-state index in [2.05, 4.69) is 29.6 Å². The molecule has 35 heavy (non-hydrogen) atoms. The Balaban J connectivity index is 1.20. The Morgan fingerprint density at radius 2 is 1.60 bits per heavy atom. The number of nitrogens with zero attached hydrogens (tertiary/aromatic N) is 1. The summed E-state index contributed by atoms with van der Waals surface area (Å²) in [6.45, 7) is 0.679. The normalized spacial score (nSPS) is 17.6. The SMILES string of the molecule is O=C(O)CCN(C(=O)C(CNC(=O)OCC1c2ccccc2-c2ccccc21)C1CCC1)C1CC1. The fourth-order valence-corrected chi connectivity index (χ4v) is 5.43. The van der Waals surface area contributed by atoms with Gasteiger partial charge in [-0.3, -0.25) is 9.59 Å². The van der Waals surface area contributed by atoms with Gasteiger partial charge in [-0.1, -0.05) is 55.0 Å². The van der Waals surface area contributed by atoms with Crippen LogP contribution in [0.1, 0.15) is 55.6 Å². The third-order valence-corrected chi connectivity index (χ3v) is 7.68. The topological polar surface area (TPSA) is 95.9 Å². The lowest BCUT2D eigenvalue weighted by atomic mass is 9.75. The molecule has 1 unspecified atom stereocenters. The number of aliphatic carboxylic acids is 1. The highest BCUT2D eigenvalue weighted by atomic mass is 16.5. The number of alkyl carbamates (subject to hydrolysis) is 1. The molecule has 0 aromatic heterocycles. The van der Waals surface area contributed by atoms with Gasteiger partial charge in [0.2, 0.25) is 5.91 Å². The fourth-order valence-electron chi connectivity index (χ4n) is 5.43. The van der Waals surface area contributed by atoms with E-state index in [4.69, 9.17) is 9.84 Å². The maximum Gasteiger partial charge on any atom is 0.407 e. The molecule has 2 aromatic rings. The molecule has 2 aromatic carbocycles. The van der Waals surface area contributed by atoms with E-state index in [1.165, 1.54) is 11.1 Å². The predicted molar refractivity (Wildman–Crippen MR) is 131 cm³/mol. The van der Waals surface area contributed by atoms with Gasteiger partial charge in [-0.25, -0.2) is 4.79 Å². The van der Waals surface area contributed by atoms with Crippen molar-refractivity contribution < 1.29 is 24.2 Å². The standard InChI is InChI=1S/C28H32N2O5/c31-26(32)14-15-30(19-12-13-19)27(33)24(18-6-5-7-18)16-29-28(34)35-17-25-22-10-3-1-8-20(22)21-9-2-4-11-23(21)25/h1-4,8-11,18-19,24-25H,5-7,12-17H2,(H,29,34)(H,31,32). The van der Waals surface area contributed by atoms with Crippen LogP contribution in [0.15, 0.2) is 48.5 Å². The second-order valence-electron chi connectivity index (χ2n) is 9.91. The quantitative estimate of drug-likeness (QED) is 0.530. The first kappa shape index (κ1) is 23.4. The second kappa shape index (κ2) is 10.1. The summed E-state index contributed by atoms with van der Waals surface area (Å²) in [4.78, 5) is 38.9. The van der Waals surface area contributed by atoms with Gasteiger partial charge < -0.3 is 20.1 Å². The van der Waals surface area contributed by atoms with Crippen LogP contribution in [0.2, 0.25) is 0 Å². The minimum absolute atomic E-state index is 0.0152. The van der Waals surface area contributed by atoms with Crippen molar-refractivity contribution in [3.63, 3.8) is 0 Å². The summed E-state index contributed by atoms with van der Waals surface area (Å²) in [7, 11) is 0. The van der Waals surface area contributed by atoms with Gasteiger partial charge in [-0.15, -0.1) is 0 Å². The molecule has 1 atom stereocenters. The molecule has 2 amide bonds. The molecule has 0 aliphatic heterocycles. The number of carboxylic acid groups (broad SMARTS) is 1. The van der Waals surface area contributed by atoms with E-state index in [-0.39, 0.29) is 55.8 Å². The monoisotopic (exact) mass is 476 g/mol. The van der Waals surface area contributed by atoms with E-state index in [0.717, 1.165) is 43.2 Å². The number of nitrogens with one attached hydrogen (secondary N) is 1. The maximum atomic E-state index is 13.4. The smallest absolute Gasteiger partial charge is 0.407 e. The zero-order valence-electron chi connectivity index (χ0n) is 19.8. The number of carboxylic acids is 1. The molecule has 0 radical (unpaired) electrons. The van der Waals surface area contributed by atoms with Crippen molar-refractivity contribution in [1.29, 1.82) is 0 Å². The Morgan fingerprint density at radius 3 is 2.14 bits per heavy atom. The van der Waals surface area contributed by atoms with Gasteiger partial charge in [0.1, 0.15) is 6.61 Å². The van der Waals surface area contributed by atoms with E-state index in [0.29, 0.717) is 0 Å². The molecule has 7 nitrogen and oxygen atoms in total. The lowest BCUT2D eigenvalue weighted by Crippen LogP contribution is -2.47. The molecule has 0 spiro atoms. The van der Waals surface area contributed by atoms with Crippen LogP contribution < -0.4 is 5.32 Å². The summed E-state index contributed by atoms with van der Waals surface area (Å²) in [5.74, 6) is -1.06. The molecule has 0 heterocycles. The Labute approximate surface area is 205 Å². The molecule has 0 saturated heterocycles. The number of fused-ring (bicyclic) bond motifs is 3. The molecule has 3 aliphatic rings. The molecule has 5 rings (SSSR count). The van der Waals surface area contributed by atoms with Gasteiger partial charge in [0.25, 0.3) is 0 Å². The average Bonchev–Trinajstić information content (AvgIpc) is 3.61. The summed E-state index contributed by atoms with van der Waals surface area (Å²) >= 11 is 0. The first-order valence-corrected chi connectivity index (χ1v) is 12.6. The number of hydrogen-bond acceptors (Lipinski definition) is 4. The Hall–Kier alpha value is -3.35. The summed E-state index contributed by atoms with van der Waals surface area (Å²) in [6, 6.07) is 16.5. The largest absolute Gasteiger partial charge is 0.481 e. The van der Waals surface area contributed by atoms with E-state index in [1.54, 1.807) is 4.90 Å². The lowest BCUT2D eigenvalue weighted by molar-refractivity contribution is -0.141. The molecular formula is C28H32N2O5. The zero-order valence-corrected chi connectivity index (χ0v) is 19.8. The van der Waals surface area contributed by atoms with Crippen LogP contribution in [0.25, 0.3) is 11.1 Å². The zero-order chi connectivity index (χ0) is 24.4. The predicted octanol–water partition coefficient (Wildman–Crippen LogP) is 4.41. The number of benzene rings is 2. The maximum absolute atomic E-state index is 13.4. The first-order chi connectivity index (χ1) is 17.0. The first-order valence-electron chi connectivity index (χ1n) is 12.6. The summed E-state index contributed by atoms with van der Waals surface area (Å²) < 4.78 is 5.65. The molecule has 2 fully saturated rings. The summed E-state index contributed by atoms with van der Waals surface area (Å²) in [5.41, 5.74) is 4.66. The molecule has 2 saturated carbocycles. The van der Waals surface area contributed by atoms with Crippen LogP contribution in [-0.4, -0.2) is 53.7 Å². The number of carbonyl (C=O) groups is 3. The molecule has 184 valence electrons. The van der Waals surface area contributed by atoms with Gasteiger partial charge >= 0.3 is 12.1 Å². The van der Waals surface area contributed by atoms with Crippen molar-refractivity contribution in [3.05, 3.63) is 59.7 Å². The van der Waals surface area contributed by atoms with E-state index in [9.17, 15) is 14.4 Å². The Kier molecular flexibility index (Phi) is 6.75. The summed E-state index contributed by atoms with van der Waals surface area (Å²) in [5, 5.41) is 11.9. The van der Waals surface area contributed by atoms with E-state index in [1.807, 2.05) is 24.3 Å². The van der Waals surface area contributed by atoms with Crippen LogP contribution >= 0.6 is 0 Å². The number of hydrogen-bond donors (Lipinski definition) is 2. The van der Waals surface area contributed by atoms with E-state index >= 15 is 0 Å². The van der Waals surface area contributed by atoms with Gasteiger partial charge in [-0.05, 0) is 53.9 Å². The fraction of sp³-hybridized carbons (Fsp3) is 0.464. The van der Waals surface area contributed by atoms with E-state index < -0.39 is 12.1 Å². The van der Waals surface area contributed by atoms with Gasteiger partial charge in [0.15, 0.2) is 0 Å². The Bertz CT molecular complexity index is 1060. The van der Waals surface area contributed by atoms with Crippen molar-refractivity contribution in [2.24, 2.45) is 11.8 Å². The number of amides is 2. The average molecular weight is 477 g/mol. The molecule has 3 aliphatic carbocycles. The van der Waals surface area contributed by atoms with Gasteiger partial charge in [0.05, 0.1) is 12.3 Å². The van der Waals surface area contributed by atoms with Crippen LogP contribution in [0, 0.1) is 11.8 Å². The van der Waals surface area contributed by atoms with Crippen LogP contribution in [-0.2, 0) is 14.3 Å². The highest BCUT2D eigenvalue weighted by molar-refractivity contribution is 5.82. The molecule has 2 N–H and O–H groups in total.